The summed E-state index contributed by atoms with van der Waals surface area (Å²) >= 11 is 0. The highest BCUT2D eigenvalue weighted by Gasteiger charge is 2.57. The SMILES string of the molecule is C=C1CC(CC(C)(O)C(F)(F)F)(c2ccc3ccccc3c2)OC1=O. The van der Waals surface area contributed by atoms with Gasteiger partial charge in [0.15, 0.2) is 5.60 Å². The van der Waals surface area contributed by atoms with Crippen molar-refractivity contribution in [1.29, 1.82) is 0 Å². The minimum absolute atomic E-state index is 0.0890. The number of fused-ring (bicyclic) bond motifs is 1. The van der Waals surface area contributed by atoms with Crippen molar-refractivity contribution in [2.75, 3.05) is 0 Å². The van der Waals surface area contributed by atoms with Gasteiger partial charge in [-0.1, -0.05) is 43.0 Å². The Kier molecular flexibility index (Phi) is 3.91. The first-order chi connectivity index (χ1) is 11.5. The molecule has 0 spiro atoms. The van der Waals surface area contributed by atoms with E-state index in [1.165, 1.54) is 0 Å². The monoisotopic (exact) mass is 350 g/mol. The third-order valence-electron chi connectivity index (χ3n) is 4.59. The van der Waals surface area contributed by atoms with E-state index >= 15 is 0 Å². The molecule has 3 nitrogen and oxygen atoms in total. The van der Waals surface area contributed by atoms with Crippen molar-refractivity contribution >= 4 is 16.7 Å². The molecule has 1 heterocycles. The first kappa shape index (κ1) is 17.5. The molecule has 25 heavy (non-hydrogen) atoms. The standard InChI is InChI=1S/C19H17F3O3/c1-12-10-18(25-16(12)23,11-17(2,24)19(20,21)22)15-8-7-13-5-3-4-6-14(13)9-15/h3-9,24H,1,10-11H2,2H3. The molecule has 0 amide bonds. The zero-order valence-electron chi connectivity index (χ0n) is 13.6. The number of hydrogen-bond donors (Lipinski definition) is 1. The Morgan fingerprint density at radius 3 is 2.40 bits per heavy atom. The lowest BCUT2D eigenvalue weighted by Gasteiger charge is -2.36. The highest BCUT2D eigenvalue weighted by atomic mass is 19.4. The third kappa shape index (κ3) is 3.02. The third-order valence-corrected chi connectivity index (χ3v) is 4.59. The van der Waals surface area contributed by atoms with Gasteiger partial charge in [-0.25, -0.2) is 4.79 Å². The lowest BCUT2D eigenvalue weighted by molar-refractivity contribution is -0.268. The number of rotatable bonds is 3. The molecule has 0 aromatic heterocycles. The number of cyclic esters (lactones) is 1. The van der Waals surface area contributed by atoms with Crippen LogP contribution in [-0.2, 0) is 15.1 Å². The van der Waals surface area contributed by atoms with E-state index in [2.05, 4.69) is 6.58 Å². The van der Waals surface area contributed by atoms with Crippen LogP contribution in [0.15, 0.2) is 54.6 Å². The molecular weight excluding hydrogens is 333 g/mol. The van der Waals surface area contributed by atoms with Gasteiger partial charge in [-0.15, -0.1) is 0 Å². The molecular formula is C19H17F3O3. The van der Waals surface area contributed by atoms with Crippen LogP contribution in [0.1, 0.15) is 25.3 Å². The Labute approximate surface area is 142 Å². The second kappa shape index (κ2) is 5.59. The summed E-state index contributed by atoms with van der Waals surface area (Å²) < 4.78 is 44.9. The maximum absolute atomic E-state index is 13.2. The molecule has 132 valence electrons. The molecule has 1 aliphatic rings. The molecule has 1 aliphatic heterocycles. The molecule has 1 saturated heterocycles. The van der Waals surface area contributed by atoms with Crippen LogP contribution in [0.25, 0.3) is 10.8 Å². The number of ether oxygens (including phenoxy) is 1. The maximum Gasteiger partial charge on any atom is 0.417 e. The average Bonchev–Trinajstić information content (AvgIpc) is 2.80. The average molecular weight is 350 g/mol. The van der Waals surface area contributed by atoms with Gasteiger partial charge >= 0.3 is 12.1 Å². The van der Waals surface area contributed by atoms with Gasteiger partial charge in [0, 0.05) is 18.4 Å². The van der Waals surface area contributed by atoms with E-state index in [0.717, 1.165) is 10.8 Å². The summed E-state index contributed by atoms with van der Waals surface area (Å²) in [6, 6.07) is 12.4. The topological polar surface area (TPSA) is 46.5 Å². The first-order valence-electron chi connectivity index (χ1n) is 7.74. The summed E-state index contributed by atoms with van der Waals surface area (Å²) in [5, 5.41) is 11.7. The summed E-state index contributed by atoms with van der Waals surface area (Å²) in [7, 11) is 0. The van der Waals surface area contributed by atoms with Gasteiger partial charge in [0.25, 0.3) is 0 Å². The Balaban J connectivity index is 2.11. The van der Waals surface area contributed by atoms with E-state index in [9.17, 15) is 23.1 Å². The second-order valence-corrected chi connectivity index (χ2v) is 6.67. The Morgan fingerprint density at radius 1 is 1.20 bits per heavy atom. The zero-order chi connectivity index (χ0) is 18.5. The van der Waals surface area contributed by atoms with Crippen molar-refractivity contribution in [2.24, 2.45) is 0 Å². The summed E-state index contributed by atoms with van der Waals surface area (Å²) in [5.41, 5.74) is -4.12. The second-order valence-electron chi connectivity index (χ2n) is 6.67. The van der Waals surface area contributed by atoms with E-state index in [1.54, 1.807) is 18.2 Å². The van der Waals surface area contributed by atoms with Crippen molar-refractivity contribution in [3.05, 3.63) is 60.2 Å². The van der Waals surface area contributed by atoms with Gasteiger partial charge in [-0.2, -0.15) is 13.2 Å². The highest BCUT2D eigenvalue weighted by molar-refractivity contribution is 5.91. The summed E-state index contributed by atoms with van der Waals surface area (Å²) in [5.74, 6) is -0.744. The van der Waals surface area contributed by atoms with Crippen molar-refractivity contribution < 1.29 is 27.8 Å². The number of alkyl halides is 3. The van der Waals surface area contributed by atoms with E-state index in [0.29, 0.717) is 12.5 Å². The van der Waals surface area contributed by atoms with Gasteiger partial charge in [0.1, 0.15) is 5.60 Å². The van der Waals surface area contributed by atoms with Crippen LogP contribution >= 0.6 is 0 Å². The number of carbonyl (C=O) groups excluding carboxylic acids is 1. The Morgan fingerprint density at radius 2 is 1.84 bits per heavy atom. The Bertz CT molecular complexity index is 836. The molecule has 2 aromatic carbocycles. The van der Waals surface area contributed by atoms with E-state index < -0.39 is 29.8 Å². The molecule has 2 atom stereocenters. The summed E-state index contributed by atoms with van der Waals surface area (Å²) in [4.78, 5) is 11.9. The van der Waals surface area contributed by atoms with E-state index in [1.807, 2.05) is 24.3 Å². The molecule has 0 radical (unpaired) electrons. The van der Waals surface area contributed by atoms with Crippen LogP contribution in [-0.4, -0.2) is 22.9 Å². The van der Waals surface area contributed by atoms with E-state index in [-0.39, 0.29) is 12.0 Å². The maximum atomic E-state index is 13.2. The smallest absolute Gasteiger partial charge is 0.417 e. The highest BCUT2D eigenvalue weighted by Crippen LogP contribution is 2.48. The quantitative estimate of drug-likeness (QED) is 0.665. The van der Waals surface area contributed by atoms with Gasteiger partial charge in [-0.05, 0) is 29.3 Å². The van der Waals surface area contributed by atoms with Gasteiger partial charge < -0.3 is 9.84 Å². The number of halogens is 3. The number of benzene rings is 2. The predicted octanol–water partition coefficient (Wildman–Crippen LogP) is 4.24. The fourth-order valence-corrected chi connectivity index (χ4v) is 3.19. The lowest BCUT2D eigenvalue weighted by Crippen LogP contribution is -2.48. The van der Waals surface area contributed by atoms with Crippen molar-refractivity contribution in [2.45, 2.75) is 37.1 Å². The number of hydrogen-bond acceptors (Lipinski definition) is 3. The molecule has 1 fully saturated rings. The molecule has 6 heteroatoms. The van der Waals surface area contributed by atoms with Crippen molar-refractivity contribution in [3.63, 3.8) is 0 Å². The Hall–Kier alpha value is -2.34. The minimum atomic E-state index is -4.85. The van der Waals surface area contributed by atoms with Crippen LogP contribution in [0.2, 0.25) is 0 Å². The molecule has 1 N–H and O–H groups in total. The largest absolute Gasteiger partial charge is 0.450 e. The zero-order valence-corrected chi connectivity index (χ0v) is 13.6. The van der Waals surface area contributed by atoms with Crippen LogP contribution in [0.4, 0.5) is 13.2 Å². The molecule has 3 rings (SSSR count). The van der Waals surface area contributed by atoms with E-state index in [4.69, 9.17) is 4.74 Å². The summed E-state index contributed by atoms with van der Waals surface area (Å²) in [6.07, 6.45) is -5.75. The summed E-state index contributed by atoms with van der Waals surface area (Å²) in [6.45, 7) is 4.26. The van der Waals surface area contributed by atoms with Gasteiger partial charge in [0.05, 0.1) is 0 Å². The number of aliphatic hydroxyl groups is 1. The van der Waals surface area contributed by atoms with Crippen LogP contribution in [0, 0.1) is 0 Å². The van der Waals surface area contributed by atoms with Gasteiger partial charge in [-0.3, -0.25) is 0 Å². The molecule has 0 aliphatic carbocycles. The first-order valence-corrected chi connectivity index (χ1v) is 7.74. The van der Waals surface area contributed by atoms with Crippen molar-refractivity contribution in [3.8, 4) is 0 Å². The van der Waals surface area contributed by atoms with Crippen LogP contribution in [0.3, 0.4) is 0 Å². The predicted molar refractivity (Wildman–Crippen MR) is 86.8 cm³/mol. The van der Waals surface area contributed by atoms with Crippen molar-refractivity contribution in [1.82, 2.24) is 0 Å². The van der Waals surface area contributed by atoms with Crippen LogP contribution < -0.4 is 0 Å². The fourth-order valence-electron chi connectivity index (χ4n) is 3.19. The molecule has 2 aromatic rings. The minimum Gasteiger partial charge on any atom is -0.450 e. The fraction of sp³-hybridized carbons (Fsp3) is 0.316. The normalized spacial score (nSPS) is 23.6. The number of carbonyl (C=O) groups is 1. The molecule has 0 bridgehead atoms. The lowest BCUT2D eigenvalue weighted by atomic mass is 9.79. The number of esters is 1. The molecule has 0 saturated carbocycles. The van der Waals surface area contributed by atoms with Gasteiger partial charge in [0.2, 0.25) is 0 Å². The van der Waals surface area contributed by atoms with Crippen LogP contribution in [0.5, 0.6) is 0 Å². The molecule has 2 unspecified atom stereocenters.